The highest BCUT2D eigenvalue weighted by atomic mass is 31.3. The molecule has 1 spiro atoms. The highest BCUT2D eigenvalue weighted by molar-refractivity contribution is 7.61. The minimum atomic E-state index is -5.44. The number of benzene rings is 3. The summed E-state index contributed by atoms with van der Waals surface area (Å²) in [5, 5.41) is 0. The summed E-state index contributed by atoms with van der Waals surface area (Å²) in [6, 6.07) is 13.1. The molecule has 3 aromatic carbocycles. The van der Waals surface area contributed by atoms with Crippen LogP contribution >= 0.6 is 31.3 Å². The standard InChI is InChI=1S/C20H16O17P4/c21-19-13-3-1-2-4-14(13)20(33-19)15-7-5-11(34-40(28,29)36-38(22,23)24)9-17(15)32-18-10-12(6-8-16(18)20)35-41(30,31)37-39(25,26)27/h1-10H,(H,28,29)(H,30,31)(H2,22,23,24)(H2,25,26,27). The van der Waals surface area contributed by atoms with E-state index in [4.69, 9.17) is 38.1 Å². The van der Waals surface area contributed by atoms with E-state index < -0.39 is 54.4 Å². The number of rotatable bonds is 8. The molecule has 0 radical (unpaired) electrons. The second-order valence-electron chi connectivity index (χ2n) is 8.30. The molecule has 2 unspecified atom stereocenters. The normalized spacial score (nSPS) is 20.5. The summed E-state index contributed by atoms with van der Waals surface area (Å²) in [6.07, 6.45) is 0. The average molecular weight is 652 g/mol. The van der Waals surface area contributed by atoms with Crippen LogP contribution in [-0.2, 0) is 37.2 Å². The Balaban J connectivity index is 1.62. The van der Waals surface area contributed by atoms with Crippen molar-refractivity contribution in [1.82, 2.24) is 0 Å². The van der Waals surface area contributed by atoms with Gasteiger partial charge in [0.2, 0.25) is 0 Å². The third-order valence-corrected chi connectivity index (χ3v) is 9.75. The average Bonchev–Trinajstić information content (AvgIpc) is 3.08. The molecule has 0 aliphatic carbocycles. The lowest BCUT2D eigenvalue weighted by Gasteiger charge is -2.36. The van der Waals surface area contributed by atoms with Crippen molar-refractivity contribution in [1.29, 1.82) is 0 Å². The Hall–Kier alpha value is -2.87. The highest BCUT2D eigenvalue weighted by Gasteiger charge is 2.53. The first-order chi connectivity index (χ1) is 18.9. The Bertz CT molecular complexity index is 1680. The van der Waals surface area contributed by atoms with Gasteiger partial charge >= 0.3 is 37.3 Å². The SMILES string of the molecule is O=C1OC2(c3ccc(OP(=O)(O)OP(=O)(O)O)cc3Oc3cc(OP(=O)(O)OP(=O)(O)O)ccc32)c2ccccc21. The van der Waals surface area contributed by atoms with Crippen molar-refractivity contribution in [3.05, 3.63) is 82.9 Å². The second-order valence-corrected chi connectivity index (χ2v) is 13.8. The summed E-state index contributed by atoms with van der Waals surface area (Å²) in [7, 11) is -21.6. The van der Waals surface area contributed by atoms with Gasteiger partial charge in [-0.05, 0) is 30.3 Å². The summed E-state index contributed by atoms with van der Waals surface area (Å²) >= 11 is 0. The van der Waals surface area contributed by atoms with E-state index in [1.54, 1.807) is 18.2 Å². The predicted molar refractivity (Wildman–Crippen MR) is 132 cm³/mol. The quantitative estimate of drug-likeness (QED) is 0.150. The van der Waals surface area contributed by atoms with Crippen LogP contribution in [0, 0.1) is 0 Å². The topological polar surface area (TPSA) is 262 Å². The molecule has 0 amide bonds. The molecule has 2 atom stereocenters. The molecule has 0 aromatic heterocycles. The van der Waals surface area contributed by atoms with E-state index in [0.29, 0.717) is 5.56 Å². The van der Waals surface area contributed by atoms with Crippen molar-refractivity contribution >= 4 is 37.3 Å². The van der Waals surface area contributed by atoms with Crippen molar-refractivity contribution < 1.29 is 79.6 Å². The second kappa shape index (κ2) is 9.85. The third kappa shape index (κ3) is 6.04. The first kappa shape index (κ1) is 29.6. The number of carbonyl (C=O) groups excluding carboxylic acids is 1. The molecule has 0 fully saturated rings. The van der Waals surface area contributed by atoms with Crippen molar-refractivity contribution in [2.45, 2.75) is 5.60 Å². The maximum absolute atomic E-state index is 12.9. The van der Waals surface area contributed by atoms with Gasteiger partial charge in [0.15, 0.2) is 5.60 Å². The smallest absolute Gasteiger partial charge is 0.456 e. The molecule has 0 saturated heterocycles. The van der Waals surface area contributed by atoms with E-state index in [-0.39, 0.29) is 28.2 Å². The van der Waals surface area contributed by atoms with Crippen molar-refractivity contribution in [2.24, 2.45) is 0 Å². The van der Waals surface area contributed by atoms with E-state index in [0.717, 1.165) is 24.3 Å². The summed E-state index contributed by atoms with van der Waals surface area (Å²) in [5.41, 5.74) is -0.842. The van der Waals surface area contributed by atoms with Crippen molar-refractivity contribution in [2.75, 3.05) is 0 Å². The van der Waals surface area contributed by atoms with E-state index in [1.807, 2.05) is 0 Å². The zero-order valence-electron chi connectivity index (χ0n) is 19.7. The van der Waals surface area contributed by atoms with Crippen LogP contribution < -0.4 is 13.8 Å². The van der Waals surface area contributed by atoms with Gasteiger partial charge in [-0.25, -0.2) is 23.1 Å². The lowest BCUT2D eigenvalue weighted by atomic mass is 9.77. The Morgan fingerprint density at radius 3 is 1.56 bits per heavy atom. The van der Waals surface area contributed by atoms with E-state index >= 15 is 0 Å². The van der Waals surface area contributed by atoms with Gasteiger partial charge in [-0.2, -0.15) is 8.62 Å². The molecule has 2 heterocycles. The number of phosphoric ester groups is 2. The van der Waals surface area contributed by atoms with Gasteiger partial charge < -0.3 is 38.1 Å². The summed E-state index contributed by atoms with van der Waals surface area (Å²) in [4.78, 5) is 67.8. The van der Waals surface area contributed by atoms with Crippen LogP contribution in [0.4, 0.5) is 0 Å². The summed E-state index contributed by atoms with van der Waals surface area (Å²) in [5.74, 6) is -2.02. The fourth-order valence-electron chi connectivity index (χ4n) is 4.32. The summed E-state index contributed by atoms with van der Waals surface area (Å²) < 4.78 is 74.9. The molecule has 2 aliphatic heterocycles. The largest absolute Gasteiger partial charge is 0.536 e. The van der Waals surface area contributed by atoms with Crippen LogP contribution in [0.2, 0.25) is 0 Å². The molecule has 41 heavy (non-hydrogen) atoms. The van der Waals surface area contributed by atoms with Crippen LogP contribution in [0.25, 0.3) is 0 Å². The fraction of sp³-hybridized carbons (Fsp3) is 0.0500. The first-order valence-corrected chi connectivity index (χ1v) is 16.8. The zero-order valence-corrected chi connectivity index (χ0v) is 23.3. The van der Waals surface area contributed by atoms with Gasteiger partial charge in [-0.3, -0.25) is 9.79 Å². The minimum Gasteiger partial charge on any atom is -0.456 e. The molecule has 5 rings (SSSR count). The van der Waals surface area contributed by atoms with Crippen LogP contribution in [0.5, 0.6) is 23.0 Å². The molecule has 6 N–H and O–H groups in total. The molecule has 2 aliphatic rings. The van der Waals surface area contributed by atoms with E-state index in [9.17, 15) is 32.8 Å². The maximum Gasteiger partial charge on any atom is 0.536 e. The van der Waals surface area contributed by atoms with Crippen LogP contribution in [0.1, 0.15) is 27.0 Å². The number of fused-ring (bicyclic) bond motifs is 6. The minimum absolute atomic E-state index is 0.172. The molecule has 218 valence electrons. The number of esters is 1. The highest BCUT2D eigenvalue weighted by Crippen LogP contribution is 2.61. The number of hydrogen-bond acceptors (Lipinski definition) is 11. The number of phosphoric acid groups is 4. The number of carbonyl (C=O) groups is 1. The Morgan fingerprint density at radius 2 is 1.10 bits per heavy atom. The Labute approximate surface area is 228 Å². The van der Waals surface area contributed by atoms with Gasteiger partial charge in [-0.15, -0.1) is 0 Å². The monoisotopic (exact) mass is 652 g/mol. The summed E-state index contributed by atoms with van der Waals surface area (Å²) in [6.45, 7) is 0. The molecule has 0 saturated carbocycles. The van der Waals surface area contributed by atoms with Crippen LogP contribution in [0.3, 0.4) is 0 Å². The fourth-order valence-corrected chi connectivity index (χ4v) is 7.50. The molecule has 21 heteroatoms. The molecular weight excluding hydrogens is 636 g/mol. The Morgan fingerprint density at radius 1 is 0.634 bits per heavy atom. The van der Waals surface area contributed by atoms with Gasteiger partial charge in [0.1, 0.15) is 23.0 Å². The molecular formula is C20H16O17P4. The number of ether oxygens (including phenoxy) is 2. The van der Waals surface area contributed by atoms with Gasteiger partial charge in [0.05, 0.1) is 5.56 Å². The molecule has 17 nitrogen and oxygen atoms in total. The van der Waals surface area contributed by atoms with Gasteiger partial charge in [-0.1, -0.05) is 18.2 Å². The zero-order chi connectivity index (χ0) is 30.0. The van der Waals surface area contributed by atoms with E-state index in [1.165, 1.54) is 18.2 Å². The lowest BCUT2D eigenvalue weighted by molar-refractivity contribution is 0.0224. The van der Waals surface area contributed by atoms with E-state index in [2.05, 4.69) is 8.62 Å². The Kier molecular flexibility index (Phi) is 7.12. The van der Waals surface area contributed by atoms with Crippen molar-refractivity contribution in [3.63, 3.8) is 0 Å². The first-order valence-electron chi connectivity index (χ1n) is 10.8. The van der Waals surface area contributed by atoms with Crippen molar-refractivity contribution in [3.8, 4) is 23.0 Å². The van der Waals surface area contributed by atoms with Crippen LogP contribution in [-0.4, -0.2) is 35.3 Å². The molecule has 0 bridgehead atoms. The van der Waals surface area contributed by atoms with Gasteiger partial charge in [0.25, 0.3) is 0 Å². The molecule has 3 aromatic rings. The lowest BCUT2D eigenvalue weighted by Crippen LogP contribution is -2.33. The predicted octanol–water partition coefficient (Wildman–Crippen LogP) is 3.43. The third-order valence-electron chi connectivity index (χ3n) is 5.52. The van der Waals surface area contributed by atoms with Crippen LogP contribution in [0.15, 0.2) is 60.7 Å². The maximum atomic E-state index is 12.9. The number of hydrogen-bond donors (Lipinski definition) is 6. The van der Waals surface area contributed by atoms with Gasteiger partial charge in [0, 0.05) is 28.8 Å².